The standard InChI is InChI=1S/C20H23FN6O2/c1-25(16-5-3-2-4-6-16)18(28)13-27-20(29)26-12-11-17(23-19(26)24-27)22-15-9-7-14(21)8-10-15/h7-12,16H,2-6,13H2,1H3,(H,22,23,24). The Morgan fingerprint density at radius 3 is 2.66 bits per heavy atom. The lowest BCUT2D eigenvalue weighted by molar-refractivity contribution is -0.133. The van der Waals surface area contributed by atoms with Crippen molar-refractivity contribution in [3.8, 4) is 0 Å². The van der Waals surface area contributed by atoms with Crippen LogP contribution in [-0.2, 0) is 11.3 Å². The van der Waals surface area contributed by atoms with Gasteiger partial charge in [0, 0.05) is 25.0 Å². The summed E-state index contributed by atoms with van der Waals surface area (Å²) in [7, 11) is 1.79. The van der Waals surface area contributed by atoms with Crippen LogP contribution in [0.4, 0.5) is 15.9 Å². The number of hydrogen-bond donors (Lipinski definition) is 1. The molecule has 1 aliphatic carbocycles. The molecule has 1 aliphatic rings. The van der Waals surface area contributed by atoms with Crippen LogP contribution in [0.25, 0.3) is 5.78 Å². The normalized spacial score (nSPS) is 14.8. The van der Waals surface area contributed by atoms with E-state index in [-0.39, 0.29) is 30.1 Å². The van der Waals surface area contributed by atoms with Crippen molar-refractivity contribution in [3.63, 3.8) is 0 Å². The molecule has 2 heterocycles. The Hall–Kier alpha value is -3.23. The van der Waals surface area contributed by atoms with Gasteiger partial charge in [-0.3, -0.25) is 4.79 Å². The van der Waals surface area contributed by atoms with Crippen LogP contribution in [0.3, 0.4) is 0 Å². The van der Waals surface area contributed by atoms with E-state index < -0.39 is 5.69 Å². The van der Waals surface area contributed by atoms with Crippen LogP contribution < -0.4 is 11.0 Å². The van der Waals surface area contributed by atoms with Crippen molar-refractivity contribution in [2.45, 2.75) is 44.7 Å². The minimum atomic E-state index is -0.411. The number of likely N-dealkylation sites (N-methyl/N-ethyl adjacent to an activating group) is 1. The molecule has 0 bridgehead atoms. The number of benzene rings is 1. The number of nitrogens with zero attached hydrogens (tertiary/aromatic N) is 5. The third kappa shape index (κ3) is 4.13. The molecule has 0 saturated heterocycles. The lowest BCUT2D eigenvalue weighted by Crippen LogP contribution is -2.41. The number of carbonyl (C=O) groups excluding carboxylic acids is 1. The molecule has 152 valence electrons. The molecule has 0 radical (unpaired) electrons. The molecule has 1 saturated carbocycles. The number of rotatable bonds is 5. The van der Waals surface area contributed by atoms with Gasteiger partial charge < -0.3 is 10.2 Å². The highest BCUT2D eigenvalue weighted by molar-refractivity contribution is 5.76. The second-order valence-corrected chi connectivity index (χ2v) is 7.35. The number of carbonyl (C=O) groups is 1. The Morgan fingerprint density at radius 1 is 1.21 bits per heavy atom. The van der Waals surface area contributed by atoms with Gasteiger partial charge in [-0.25, -0.2) is 18.3 Å². The SMILES string of the molecule is CN(C(=O)Cn1nc2nc(Nc3ccc(F)cc3)ccn2c1=O)C1CCCCC1. The molecule has 9 heteroatoms. The highest BCUT2D eigenvalue weighted by Crippen LogP contribution is 2.21. The summed E-state index contributed by atoms with van der Waals surface area (Å²) in [6, 6.07) is 7.72. The molecule has 1 fully saturated rings. The zero-order valence-electron chi connectivity index (χ0n) is 16.2. The topological polar surface area (TPSA) is 84.5 Å². The minimum absolute atomic E-state index is 0.115. The molecule has 8 nitrogen and oxygen atoms in total. The predicted octanol–water partition coefficient (Wildman–Crippen LogP) is 2.56. The van der Waals surface area contributed by atoms with Crippen LogP contribution in [0.15, 0.2) is 41.3 Å². The maximum absolute atomic E-state index is 13.0. The summed E-state index contributed by atoms with van der Waals surface area (Å²) < 4.78 is 15.5. The van der Waals surface area contributed by atoms with Gasteiger partial charge in [-0.2, -0.15) is 4.98 Å². The van der Waals surface area contributed by atoms with Crippen LogP contribution in [0.1, 0.15) is 32.1 Å². The molecule has 1 aromatic carbocycles. The highest BCUT2D eigenvalue weighted by Gasteiger charge is 2.23. The van der Waals surface area contributed by atoms with Crippen LogP contribution in [0.5, 0.6) is 0 Å². The van der Waals surface area contributed by atoms with Gasteiger partial charge in [0.15, 0.2) is 0 Å². The number of amides is 1. The molecule has 3 aromatic rings. The second-order valence-electron chi connectivity index (χ2n) is 7.35. The van der Waals surface area contributed by atoms with Gasteiger partial charge in [0.2, 0.25) is 5.91 Å². The summed E-state index contributed by atoms with van der Waals surface area (Å²) in [4.78, 5) is 31.2. The number of halogens is 1. The quantitative estimate of drug-likeness (QED) is 0.714. The first kappa shape index (κ1) is 19.1. The molecule has 1 N–H and O–H groups in total. The van der Waals surface area contributed by atoms with Crippen LogP contribution in [0.2, 0.25) is 0 Å². The molecule has 0 atom stereocenters. The Bertz CT molecular complexity index is 1070. The van der Waals surface area contributed by atoms with Crippen molar-refractivity contribution in [2.24, 2.45) is 0 Å². The van der Waals surface area contributed by atoms with Gasteiger partial charge >= 0.3 is 5.69 Å². The van der Waals surface area contributed by atoms with E-state index in [4.69, 9.17) is 0 Å². The number of hydrogen-bond acceptors (Lipinski definition) is 5. The fourth-order valence-electron chi connectivity index (χ4n) is 3.67. The number of nitrogens with one attached hydrogen (secondary N) is 1. The molecule has 2 aromatic heterocycles. The van der Waals surface area contributed by atoms with Crippen LogP contribution >= 0.6 is 0 Å². The Labute approximate surface area is 167 Å². The molecular weight excluding hydrogens is 375 g/mol. The van der Waals surface area contributed by atoms with E-state index in [0.29, 0.717) is 11.5 Å². The molecule has 0 unspecified atom stereocenters. The van der Waals surface area contributed by atoms with Gasteiger partial charge in [0.05, 0.1) is 0 Å². The van der Waals surface area contributed by atoms with E-state index in [1.165, 1.54) is 23.0 Å². The third-order valence-electron chi connectivity index (χ3n) is 5.37. The van der Waals surface area contributed by atoms with Gasteiger partial charge in [-0.1, -0.05) is 19.3 Å². The number of aromatic nitrogens is 4. The summed E-state index contributed by atoms with van der Waals surface area (Å²) in [5, 5.41) is 7.24. The monoisotopic (exact) mass is 398 g/mol. The van der Waals surface area contributed by atoms with E-state index in [2.05, 4.69) is 15.4 Å². The summed E-state index contributed by atoms with van der Waals surface area (Å²) >= 11 is 0. The van der Waals surface area contributed by atoms with Gasteiger partial charge in [-0.15, -0.1) is 5.10 Å². The van der Waals surface area contributed by atoms with Crippen molar-refractivity contribution in [1.82, 2.24) is 24.1 Å². The predicted molar refractivity (Wildman–Crippen MR) is 107 cm³/mol. The smallest absolute Gasteiger partial charge is 0.341 e. The maximum atomic E-state index is 13.0. The van der Waals surface area contributed by atoms with E-state index in [1.807, 2.05) is 0 Å². The molecule has 0 spiro atoms. The van der Waals surface area contributed by atoms with E-state index in [0.717, 1.165) is 30.4 Å². The van der Waals surface area contributed by atoms with Crippen molar-refractivity contribution < 1.29 is 9.18 Å². The summed E-state index contributed by atoms with van der Waals surface area (Å²) in [6.07, 6.45) is 7.03. The third-order valence-corrected chi connectivity index (χ3v) is 5.37. The summed E-state index contributed by atoms with van der Waals surface area (Å²) in [5.74, 6) is 0.196. The number of anilines is 2. The summed E-state index contributed by atoms with van der Waals surface area (Å²) in [6.45, 7) is -0.115. The van der Waals surface area contributed by atoms with E-state index in [9.17, 15) is 14.0 Å². The van der Waals surface area contributed by atoms with Crippen molar-refractivity contribution in [1.29, 1.82) is 0 Å². The van der Waals surface area contributed by atoms with Gasteiger partial charge in [0.1, 0.15) is 18.2 Å². The molecule has 4 rings (SSSR count). The lowest BCUT2D eigenvalue weighted by atomic mass is 9.94. The highest BCUT2D eigenvalue weighted by atomic mass is 19.1. The Kier molecular flexibility index (Phi) is 5.28. The number of fused-ring (bicyclic) bond motifs is 1. The Morgan fingerprint density at radius 2 is 1.93 bits per heavy atom. The fourth-order valence-corrected chi connectivity index (χ4v) is 3.67. The second kappa shape index (κ2) is 8.02. The van der Waals surface area contributed by atoms with Crippen molar-refractivity contribution in [2.75, 3.05) is 12.4 Å². The van der Waals surface area contributed by atoms with Gasteiger partial charge in [-0.05, 0) is 43.2 Å². The van der Waals surface area contributed by atoms with Crippen LogP contribution in [0, 0.1) is 5.82 Å². The maximum Gasteiger partial charge on any atom is 0.352 e. The minimum Gasteiger partial charge on any atom is -0.341 e. The molecule has 0 aliphatic heterocycles. The summed E-state index contributed by atoms with van der Waals surface area (Å²) in [5.41, 5.74) is 0.251. The first-order chi connectivity index (χ1) is 14.0. The molecular formula is C20H23FN6O2. The fraction of sp³-hybridized carbons (Fsp3) is 0.400. The van der Waals surface area contributed by atoms with E-state index >= 15 is 0 Å². The molecule has 29 heavy (non-hydrogen) atoms. The molecule has 1 amide bonds. The first-order valence-corrected chi connectivity index (χ1v) is 9.76. The van der Waals surface area contributed by atoms with Gasteiger partial charge in [0.25, 0.3) is 5.78 Å². The van der Waals surface area contributed by atoms with Crippen molar-refractivity contribution in [3.05, 3.63) is 52.8 Å². The first-order valence-electron chi connectivity index (χ1n) is 9.76. The average Bonchev–Trinajstić information content (AvgIpc) is 3.04. The lowest BCUT2D eigenvalue weighted by Gasteiger charge is -2.31. The van der Waals surface area contributed by atoms with E-state index in [1.54, 1.807) is 36.3 Å². The van der Waals surface area contributed by atoms with Crippen LogP contribution in [-0.4, -0.2) is 43.1 Å². The zero-order valence-corrected chi connectivity index (χ0v) is 16.2. The largest absolute Gasteiger partial charge is 0.352 e. The van der Waals surface area contributed by atoms with Crippen molar-refractivity contribution >= 4 is 23.2 Å². The zero-order chi connectivity index (χ0) is 20.4. The average molecular weight is 398 g/mol. The Balaban J connectivity index is 1.51.